The molecule has 6 heteroatoms. The monoisotopic (exact) mass is 128 g/mol. The normalized spacial score (nSPS) is 12.2. The lowest BCUT2D eigenvalue weighted by Gasteiger charge is -1.83. The molecule has 0 aliphatic carbocycles. The SMILES string of the molecule is O=S(=O)(O)N[SiH3].[H+]. The smallest absolute Gasteiger partial charge is 0.274 e. The highest BCUT2D eigenvalue weighted by Crippen LogP contribution is 1.60. The lowest BCUT2D eigenvalue weighted by atomic mass is 13.9. The van der Waals surface area contributed by atoms with Gasteiger partial charge < -0.3 is 0 Å². The van der Waals surface area contributed by atoms with Crippen LogP contribution >= 0.6 is 0 Å². The number of hydrogen-bond acceptors (Lipinski definition) is 2. The first-order chi connectivity index (χ1) is 2.56. The van der Waals surface area contributed by atoms with Crippen molar-refractivity contribution >= 4 is 20.7 Å². The minimum absolute atomic E-state index is 0. The zero-order chi connectivity index (χ0) is 5.21. The molecule has 0 aliphatic rings. The van der Waals surface area contributed by atoms with Crippen molar-refractivity contribution in [1.82, 2.24) is 4.39 Å². The summed E-state index contributed by atoms with van der Waals surface area (Å²) >= 11 is 0. The van der Waals surface area contributed by atoms with Crippen LogP contribution in [0.2, 0.25) is 0 Å². The van der Waals surface area contributed by atoms with Crippen molar-refractivity contribution in [2.24, 2.45) is 0 Å². The molecule has 0 fully saturated rings. The van der Waals surface area contributed by atoms with E-state index in [1.807, 2.05) is 0 Å². The van der Waals surface area contributed by atoms with Crippen molar-refractivity contribution in [2.45, 2.75) is 0 Å². The summed E-state index contributed by atoms with van der Waals surface area (Å²) in [6.45, 7) is 0. The van der Waals surface area contributed by atoms with Gasteiger partial charge in [0.25, 0.3) is 0 Å². The number of hydrogen-bond donors (Lipinski definition) is 2. The van der Waals surface area contributed by atoms with E-state index in [1.54, 1.807) is 4.39 Å². The molecule has 0 heterocycles. The lowest BCUT2D eigenvalue weighted by molar-refractivity contribution is 0.480. The largest absolute Gasteiger partial charge is 1.00 e. The Morgan fingerprint density at radius 2 is 2.00 bits per heavy atom. The lowest BCUT2D eigenvalue weighted by Crippen LogP contribution is -2.17. The predicted octanol–water partition coefficient (Wildman–Crippen LogP) is -2.23. The third-order valence-electron chi connectivity index (χ3n) is 0.258. The topological polar surface area (TPSA) is 66.4 Å². The van der Waals surface area contributed by atoms with E-state index in [0.717, 1.165) is 0 Å². The van der Waals surface area contributed by atoms with Crippen LogP contribution in [0.5, 0.6) is 0 Å². The minimum atomic E-state index is -3.85. The van der Waals surface area contributed by atoms with Crippen molar-refractivity contribution < 1.29 is 14.4 Å². The summed E-state index contributed by atoms with van der Waals surface area (Å²) in [4.78, 5) is 0. The fourth-order valence-electron chi connectivity index (χ4n) is 0. The van der Waals surface area contributed by atoms with Crippen LogP contribution in [0.1, 0.15) is 1.43 Å². The van der Waals surface area contributed by atoms with E-state index in [4.69, 9.17) is 4.55 Å². The number of nitrogens with one attached hydrogen (secondary N) is 1. The quantitative estimate of drug-likeness (QED) is 0.310. The molecule has 0 spiro atoms. The highest BCUT2D eigenvalue weighted by Gasteiger charge is 1.90. The highest BCUT2D eigenvalue weighted by molar-refractivity contribution is 7.84. The second kappa shape index (κ2) is 1.69. The Hall–Kier alpha value is 0.0869. The molecule has 0 aromatic carbocycles. The molecule has 0 saturated carbocycles. The van der Waals surface area contributed by atoms with Crippen LogP contribution < -0.4 is 4.39 Å². The summed E-state index contributed by atoms with van der Waals surface area (Å²) in [6, 6.07) is 0. The molecule has 0 rings (SSSR count). The fraction of sp³-hybridized carbons (Fsp3) is 0. The summed E-state index contributed by atoms with van der Waals surface area (Å²) < 4.78 is 28.5. The zero-order valence-electron chi connectivity index (χ0n) is 4.17. The molecule has 0 amide bonds. The standard InChI is InChI=1S/H5NO3SSi/c2-5(3,4)1-6/h1H,6H3,(H,2,3,4)/p+1. The van der Waals surface area contributed by atoms with E-state index in [2.05, 4.69) is 0 Å². The van der Waals surface area contributed by atoms with Crippen LogP contribution in [0.4, 0.5) is 0 Å². The van der Waals surface area contributed by atoms with Gasteiger partial charge in [0.15, 0.2) is 0 Å². The summed E-state index contributed by atoms with van der Waals surface area (Å²) in [7, 11) is -3.59. The predicted molar refractivity (Wildman–Crippen MR) is 25.7 cm³/mol. The molecule has 0 saturated heterocycles. The molecule has 6 heavy (non-hydrogen) atoms. The summed E-state index contributed by atoms with van der Waals surface area (Å²) in [6.07, 6.45) is 0. The molecule has 0 atom stereocenters. The summed E-state index contributed by atoms with van der Waals surface area (Å²) in [5.41, 5.74) is 0. The van der Waals surface area contributed by atoms with Gasteiger partial charge in [-0.15, -0.1) is 0 Å². The van der Waals surface area contributed by atoms with Crippen LogP contribution in [-0.2, 0) is 10.3 Å². The maximum Gasteiger partial charge on any atom is 1.00 e. The van der Waals surface area contributed by atoms with Crippen molar-refractivity contribution in [3.63, 3.8) is 0 Å². The molecule has 0 unspecified atom stereocenters. The summed E-state index contributed by atoms with van der Waals surface area (Å²) in [5.74, 6) is 0. The first-order valence-electron chi connectivity index (χ1n) is 1.22. The second-order valence-electron chi connectivity index (χ2n) is 0.679. The van der Waals surface area contributed by atoms with E-state index in [9.17, 15) is 8.42 Å². The third kappa shape index (κ3) is 4.09. The van der Waals surface area contributed by atoms with Gasteiger partial charge in [0.2, 0.25) is 0 Å². The van der Waals surface area contributed by atoms with Gasteiger partial charge in [0.1, 0.15) is 0 Å². The van der Waals surface area contributed by atoms with Gasteiger partial charge in [0.05, 0.1) is 10.4 Å². The average Bonchev–Trinajstić information content (AvgIpc) is 1.35. The van der Waals surface area contributed by atoms with Gasteiger partial charge in [0, 0.05) is 0 Å². The van der Waals surface area contributed by atoms with E-state index >= 15 is 0 Å². The van der Waals surface area contributed by atoms with Gasteiger partial charge in [-0.2, -0.15) is 8.42 Å². The molecule has 4 nitrogen and oxygen atoms in total. The van der Waals surface area contributed by atoms with Gasteiger partial charge in [-0.3, -0.25) is 4.55 Å². The van der Waals surface area contributed by atoms with Gasteiger partial charge in [-0.1, -0.05) is 0 Å². The molecule has 0 aromatic heterocycles. The van der Waals surface area contributed by atoms with Crippen LogP contribution in [0.3, 0.4) is 0 Å². The maximum atomic E-state index is 9.48. The van der Waals surface area contributed by atoms with E-state index in [-0.39, 0.29) is 11.8 Å². The average molecular weight is 128 g/mol. The van der Waals surface area contributed by atoms with Crippen LogP contribution in [0.15, 0.2) is 0 Å². The second-order valence-corrected chi connectivity index (χ2v) is 3.26. The molecule has 2 N–H and O–H groups in total. The van der Waals surface area contributed by atoms with Crippen LogP contribution in [0.25, 0.3) is 0 Å². The van der Waals surface area contributed by atoms with Gasteiger partial charge in [-0.05, 0) is 0 Å². The van der Waals surface area contributed by atoms with Crippen molar-refractivity contribution in [1.29, 1.82) is 0 Å². The van der Waals surface area contributed by atoms with Crippen LogP contribution in [0, 0.1) is 0 Å². The molecule has 38 valence electrons. The van der Waals surface area contributed by atoms with Gasteiger partial charge in [-0.25, -0.2) is 4.39 Å². The Kier molecular flexibility index (Phi) is 1.72. The van der Waals surface area contributed by atoms with Crippen molar-refractivity contribution in [3.05, 3.63) is 0 Å². The summed E-state index contributed by atoms with van der Waals surface area (Å²) in [5, 5.41) is 0. The fourth-order valence-corrected chi connectivity index (χ4v) is 0. The molecule has 0 aliphatic heterocycles. The molecule has 0 radical (unpaired) electrons. The first kappa shape index (κ1) is 6.09. The first-order valence-corrected chi connectivity index (χ1v) is 3.66. The van der Waals surface area contributed by atoms with Crippen molar-refractivity contribution in [2.75, 3.05) is 0 Å². The van der Waals surface area contributed by atoms with E-state index in [1.165, 1.54) is 0 Å². The van der Waals surface area contributed by atoms with E-state index < -0.39 is 10.3 Å². The Labute approximate surface area is 40.4 Å². The molecule has 0 aromatic rings. The third-order valence-corrected chi connectivity index (χ3v) is 2.32. The Morgan fingerprint density at radius 3 is 2.00 bits per heavy atom. The van der Waals surface area contributed by atoms with Gasteiger partial charge >= 0.3 is 11.7 Å². The molecule has 0 bridgehead atoms. The van der Waals surface area contributed by atoms with E-state index in [0.29, 0.717) is 0 Å². The Morgan fingerprint density at radius 1 is 1.83 bits per heavy atom. The molecular weight excluding hydrogens is 122 g/mol. The van der Waals surface area contributed by atoms with Crippen LogP contribution in [-0.4, -0.2) is 23.4 Å². The Bertz CT molecular complexity index is 117. The molecular formula is H6NO3SSi+. The zero-order valence-corrected chi connectivity index (χ0v) is 5.99. The maximum absolute atomic E-state index is 9.48. The number of rotatable bonds is 1. The minimum Gasteiger partial charge on any atom is -0.274 e. The Balaban J connectivity index is 0. The highest BCUT2D eigenvalue weighted by atomic mass is 32.2. The van der Waals surface area contributed by atoms with Crippen molar-refractivity contribution in [3.8, 4) is 0 Å².